The summed E-state index contributed by atoms with van der Waals surface area (Å²) < 4.78 is 2.27. The molecule has 1 saturated heterocycles. The van der Waals surface area contributed by atoms with E-state index < -0.39 is 0 Å². The van der Waals surface area contributed by atoms with E-state index in [-0.39, 0.29) is 0 Å². The first kappa shape index (κ1) is 8.26. The smallest absolute Gasteiger partial charge is 0.0595 e. The fourth-order valence-corrected chi connectivity index (χ4v) is 2.63. The van der Waals surface area contributed by atoms with Crippen LogP contribution in [0.2, 0.25) is 0 Å². The molecule has 2 fully saturated rings. The molecule has 1 saturated carbocycles. The van der Waals surface area contributed by atoms with E-state index in [2.05, 4.69) is 26.0 Å². The lowest BCUT2D eigenvalue weighted by molar-refractivity contribution is 0.137. The third-order valence-corrected chi connectivity index (χ3v) is 4.36. The van der Waals surface area contributed by atoms with Crippen molar-refractivity contribution in [1.29, 1.82) is 0 Å². The number of halogens is 1. The highest BCUT2D eigenvalue weighted by Crippen LogP contribution is 2.55. The van der Waals surface area contributed by atoms with Gasteiger partial charge in [-0.25, -0.2) is 3.11 Å². The van der Waals surface area contributed by atoms with Gasteiger partial charge in [-0.1, -0.05) is 0 Å². The molecular formula is C8H14INO. The maximum atomic E-state index is 9.07. The van der Waals surface area contributed by atoms with E-state index >= 15 is 0 Å². The molecule has 64 valence electrons. The van der Waals surface area contributed by atoms with Crippen molar-refractivity contribution in [3.63, 3.8) is 0 Å². The summed E-state index contributed by atoms with van der Waals surface area (Å²) in [5, 5.41) is 9.07. The molecule has 2 nitrogen and oxygen atoms in total. The van der Waals surface area contributed by atoms with Crippen molar-refractivity contribution in [1.82, 2.24) is 3.11 Å². The lowest BCUT2D eigenvalue weighted by Gasteiger charge is -2.34. The van der Waals surface area contributed by atoms with Crippen LogP contribution in [-0.2, 0) is 0 Å². The Hall–Kier alpha value is 0.650. The predicted molar refractivity (Wildman–Crippen MR) is 52.5 cm³/mol. The number of nitrogens with zero attached hydrogens (tertiary/aromatic N) is 1. The molecule has 3 heteroatoms. The molecule has 0 aromatic carbocycles. The molecule has 11 heavy (non-hydrogen) atoms. The molecule has 1 aliphatic carbocycles. The maximum absolute atomic E-state index is 9.07. The highest BCUT2D eigenvalue weighted by atomic mass is 127. The average Bonchev–Trinajstić information content (AvgIpc) is 2.76. The lowest BCUT2D eigenvalue weighted by Crippen LogP contribution is -2.39. The molecule has 1 atom stereocenters. The minimum absolute atomic E-state index is 0.338. The molecule has 2 rings (SSSR count). The largest absolute Gasteiger partial charge is 0.395 e. The van der Waals surface area contributed by atoms with Crippen molar-refractivity contribution in [3.05, 3.63) is 0 Å². The molecule has 1 unspecified atom stereocenters. The van der Waals surface area contributed by atoms with E-state index in [1.165, 1.54) is 32.2 Å². The van der Waals surface area contributed by atoms with Crippen molar-refractivity contribution < 1.29 is 5.11 Å². The number of rotatable bonds is 1. The summed E-state index contributed by atoms with van der Waals surface area (Å²) >= 11 is 2.34. The Morgan fingerprint density at radius 1 is 1.45 bits per heavy atom. The highest BCUT2D eigenvalue weighted by molar-refractivity contribution is 14.1. The summed E-state index contributed by atoms with van der Waals surface area (Å²) in [4.78, 5) is 0. The number of aliphatic hydroxyl groups is 1. The zero-order valence-electron chi connectivity index (χ0n) is 6.59. The number of piperidine rings is 1. The number of aliphatic hydroxyl groups excluding tert-OH is 1. The van der Waals surface area contributed by atoms with Crippen molar-refractivity contribution >= 4 is 22.9 Å². The van der Waals surface area contributed by atoms with Crippen molar-refractivity contribution in [2.24, 2.45) is 5.41 Å². The van der Waals surface area contributed by atoms with Gasteiger partial charge in [0.15, 0.2) is 0 Å². The van der Waals surface area contributed by atoms with Crippen LogP contribution < -0.4 is 0 Å². The number of hydrogen-bond donors (Lipinski definition) is 1. The molecular weight excluding hydrogens is 253 g/mol. The van der Waals surface area contributed by atoms with Gasteiger partial charge in [0.05, 0.1) is 6.61 Å². The van der Waals surface area contributed by atoms with Crippen LogP contribution >= 0.6 is 22.9 Å². The van der Waals surface area contributed by atoms with E-state index in [9.17, 15) is 0 Å². The van der Waals surface area contributed by atoms with Crippen LogP contribution in [0.25, 0.3) is 0 Å². The van der Waals surface area contributed by atoms with Gasteiger partial charge in [0.1, 0.15) is 0 Å². The zero-order valence-corrected chi connectivity index (χ0v) is 8.75. The zero-order chi connectivity index (χ0) is 7.90. The first-order valence-electron chi connectivity index (χ1n) is 4.29. The highest BCUT2D eigenvalue weighted by Gasteiger charge is 2.47. The summed E-state index contributed by atoms with van der Waals surface area (Å²) in [6.07, 6.45) is 5.40. The Morgan fingerprint density at radius 2 is 2.18 bits per heavy atom. The fraction of sp³-hybridized carbons (Fsp3) is 1.00. The molecule has 1 spiro atoms. The van der Waals surface area contributed by atoms with Crippen molar-refractivity contribution in [2.75, 3.05) is 13.2 Å². The van der Waals surface area contributed by atoms with Crippen LogP contribution in [0.15, 0.2) is 0 Å². The van der Waals surface area contributed by atoms with Crippen LogP contribution in [0.4, 0.5) is 0 Å². The summed E-state index contributed by atoms with van der Waals surface area (Å²) in [6, 6.07) is 0.437. The van der Waals surface area contributed by atoms with Gasteiger partial charge in [-0.15, -0.1) is 0 Å². The quantitative estimate of drug-likeness (QED) is 0.576. The molecule has 0 radical (unpaired) electrons. The van der Waals surface area contributed by atoms with Crippen LogP contribution in [0.3, 0.4) is 0 Å². The predicted octanol–water partition coefficient (Wildman–Crippen LogP) is 1.57. The summed E-state index contributed by atoms with van der Waals surface area (Å²) in [6.45, 7) is 1.51. The maximum Gasteiger partial charge on any atom is 0.0595 e. The third kappa shape index (κ3) is 1.55. The van der Waals surface area contributed by atoms with Gasteiger partial charge in [-0.3, -0.25) is 0 Å². The van der Waals surface area contributed by atoms with E-state index in [0.29, 0.717) is 18.1 Å². The van der Waals surface area contributed by atoms with Crippen molar-refractivity contribution in [2.45, 2.75) is 31.7 Å². The molecule has 1 aliphatic heterocycles. The van der Waals surface area contributed by atoms with E-state index in [1.54, 1.807) is 0 Å². The van der Waals surface area contributed by atoms with Gasteiger partial charge in [0.25, 0.3) is 0 Å². The molecule has 1 heterocycles. The Balaban J connectivity index is 1.96. The van der Waals surface area contributed by atoms with Crippen LogP contribution in [0, 0.1) is 5.41 Å². The van der Waals surface area contributed by atoms with Gasteiger partial charge < -0.3 is 5.11 Å². The molecule has 0 aromatic heterocycles. The van der Waals surface area contributed by atoms with Gasteiger partial charge in [-0.05, 0) is 31.1 Å². The lowest BCUT2D eigenvalue weighted by atomic mass is 9.90. The van der Waals surface area contributed by atoms with E-state index in [4.69, 9.17) is 5.11 Å². The SMILES string of the molecule is OCC1CC2(CCN1I)CC2. The minimum Gasteiger partial charge on any atom is -0.395 e. The first-order chi connectivity index (χ1) is 5.26. The van der Waals surface area contributed by atoms with Crippen LogP contribution in [0.5, 0.6) is 0 Å². The minimum atomic E-state index is 0.338. The Bertz CT molecular complexity index is 158. The van der Waals surface area contributed by atoms with Gasteiger partial charge in [-0.2, -0.15) is 0 Å². The molecule has 0 bridgehead atoms. The molecule has 0 amide bonds. The van der Waals surface area contributed by atoms with Gasteiger partial charge in [0.2, 0.25) is 0 Å². The van der Waals surface area contributed by atoms with E-state index in [0.717, 1.165) is 0 Å². The average molecular weight is 267 g/mol. The van der Waals surface area contributed by atoms with Gasteiger partial charge >= 0.3 is 0 Å². The Labute approximate surface area is 81.5 Å². The van der Waals surface area contributed by atoms with Crippen LogP contribution in [-0.4, -0.2) is 27.4 Å². The molecule has 1 N–H and O–H groups in total. The summed E-state index contributed by atoms with van der Waals surface area (Å²) in [7, 11) is 0. The van der Waals surface area contributed by atoms with Crippen LogP contribution in [0.1, 0.15) is 25.7 Å². The van der Waals surface area contributed by atoms with E-state index in [1.807, 2.05) is 0 Å². The summed E-state index contributed by atoms with van der Waals surface area (Å²) in [5.74, 6) is 0. The fourth-order valence-electron chi connectivity index (χ4n) is 2.01. The monoisotopic (exact) mass is 267 g/mol. The van der Waals surface area contributed by atoms with Gasteiger partial charge in [0, 0.05) is 35.5 Å². The van der Waals surface area contributed by atoms with Crippen molar-refractivity contribution in [3.8, 4) is 0 Å². The first-order valence-corrected chi connectivity index (χ1v) is 5.26. The third-order valence-electron chi connectivity index (χ3n) is 3.09. The molecule has 0 aromatic rings. The summed E-state index contributed by atoms with van der Waals surface area (Å²) in [5.41, 5.74) is 0.676. The Kier molecular flexibility index (Phi) is 2.14. The normalized spacial score (nSPS) is 36.0. The second-order valence-electron chi connectivity index (χ2n) is 3.91. The number of hydrogen-bond acceptors (Lipinski definition) is 2. The Morgan fingerprint density at radius 3 is 2.73 bits per heavy atom. The second-order valence-corrected chi connectivity index (χ2v) is 5.15. The standard InChI is InChI=1S/C8H14INO/c9-10-4-3-8(1-2-8)5-7(10)6-11/h7,11H,1-6H2. The second kappa shape index (κ2) is 2.85. The topological polar surface area (TPSA) is 23.5 Å². The molecule has 2 aliphatic rings.